The predicted octanol–water partition coefficient (Wildman–Crippen LogP) is 12.2. The molecule has 0 aliphatic heterocycles. The van der Waals surface area contributed by atoms with Crippen molar-refractivity contribution in [3.63, 3.8) is 0 Å². The van der Waals surface area contributed by atoms with Gasteiger partial charge in [-0.05, 0) is 51.4 Å². The van der Waals surface area contributed by atoms with Gasteiger partial charge in [-0.15, -0.1) is 0 Å². The van der Waals surface area contributed by atoms with E-state index in [0.29, 0.717) is 156 Å². The summed E-state index contributed by atoms with van der Waals surface area (Å²) in [5.41, 5.74) is -0.473. The Bertz CT molecular complexity index is 1160. The summed E-state index contributed by atoms with van der Waals surface area (Å²) in [7, 11) is 0. The molecule has 0 saturated heterocycles. The molecule has 0 rings (SSSR count). The number of hydrogen-bond donors (Lipinski definition) is 0. The summed E-state index contributed by atoms with van der Waals surface area (Å²) in [5.74, 6) is 1.30. The number of Topliss-reactive ketones (excluding diaryl/α,β-unsaturated/α-hetero) is 5. The molecule has 1 unspecified atom stereocenters. The van der Waals surface area contributed by atoms with Crippen LogP contribution in [0, 0.1) is 18.4 Å². The van der Waals surface area contributed by atoms with Crippen LogP contribution in [0.4, 0.5) is 0 Å². The monoisotopic (exact) mass is 1020 g/mol. The van der Waals surface area contributed by atoms with Crippen molar-refractivity contribution in [3.05, 3.63) is 11.4 Å². The maximum atomic E-state index is 12.0. The van der Waals surface area contributed by atoms with Gasteiger partial charge in [0.15, 0.2) is 23.1 Å². The molecule has 0 saturated carbocycles. The van der Waals surface area contributed by atoms with Gasteiger partial charge >= 0.3 is 0 Å². The second kappa shape index (κ2) is 66.5. The Morgan fingerprint density at radius 2 is 0.714 bits per heavy atom. The lowest BCUT2D eigenvalue weighted by atomic mass is 9.84. The Morgan fingerprint density at radius 1 is 0.414 bits per heavy atom. The lowest BCUT2D eigenvalue weighted by molar-refractivity contribution is -0.125. The normalized spacial score (nSPS) is 10.8. The van der Waals surface area contributed by atoms with E-state index in [2.05, 4.69) is 18.7 Å². The molecule has 0 radical (unpaired) electrons. The molecule has 0 aromatic carbocycles. The van der Waals surface area contributed by atoms with E-state index in [-0.39, 0.29) is 121 Å². The highest BCUT2D eigenvalue weighted by Crippen LogP contribution is 2.27. The van der Waals surface area contributed by atoms with E-state index in [0.717, 1.165) is 25.9 Å². The Hall–Kier alpha value is -2.52. The van der Waals surface area contributed by atoms with Crippen LogP contribution in [0.3, 0.4) is 0 Å². The molecule has 0 spiro atoms. The summed E-state index contributed by atoms with van der Waals surface area (Å²) in [6.45, 7) is 28.6. The molecule has 0 aliphatic rings. The van der Waals surface area contributed by atoms with Crippen molar-refractivity contribution >= 4 is 28.9 Å². The van der Waals surface area contributed by atoms with Gasteiger partial charge < -0.3 is 47.5 Å². The van der Waals surface area contributed by atoms with Gasteiger partial charge in [0.05, 0.1) is 52.9 Å². The molecule has 0 amide bonds. The van der Waals surface area contributed by atoms with Gasteiger partial charge in [0.1, 0.15) is 32.2 Å². The molecule has 1 atom stereocenters. The number of carbonyl (C=O) groups is 5. The number of rotatable bonds is 46. The second-order valence-corrected chi connectivity index (χ2v) is 16.0. The summed E-state index contributed by atoms with van der Waals surface area (Å²) < 4.78 is 47.9. The number of ketones is 5. The average Bonchev–Trinajstić information content (AvgIpc) is 3.24. The number of ether oxygens (including phenoxy) is 9. The number of nitrogens with zero attached hydrogens (tertiary/aromatic N) is 1. The minimum absolute atomic E-state index is 0. The van der Waals surface area contributed by atoms with E-state index in [1.807, 2.05) is 34.6 Å². The van der Waals surface area contributed by atoms with Crippen molar-refractivity contribution < 1.29 is 66.6 Å². The second-order valence-electron chi connectivity index (χ2n) is 16.0. The van der Waals surface area contributed by atoms with Gasteiger partial charge in [0.25, 0.3) is 0 Å². The average molecular weight is 1020 g/mol. The predicted molar refractivity (Wildman–Crippen MR) is 292 cm³/mol. The van der Waals surface area contributed by atoms with Crippen molar-refractivity contribution in [1.82, 2.24) is 0 Å². The fourth-order valence-corrected chi connectivity index (χ4v) is 5.13. The molecule has 70 heavy (non-hydrogen) atoms. The van der Waals surface area contributed by atoms with Crippen molar-refractivity contribution in [1.29, 1.82) is 0 Å². The Morgan fingerprint density at radius 3 is 1.01 bits per heavy atom. The number of hydrogen-bond acceptors (Lipinski definition) is 14. The van der Waals surface area contributed by atoms with E-state index >= 15 is 0 Å². The van der Waals surface area contributed by atoms with Gasteiger partial charge in [-0.1, -0.05) is 94.0 Å². The van der Waals surface area contributed by atoms with E-state index in [1.54, 1.807) is 0 Å². The summed E-state index contributed by atoms with van der Waals surface area (Å²) in [5, 5.41) is 0. The van der Waals surface area contributed by atoms with Gasteiger partial charge in [-0.2, -0.15) is 0 Å². The van der Waals surface area contributed by atoms with Gasteiger partial charge in [-0.3, -0.25) is 24.0 Å². The van der Waals surface area contributed by atoms with Gasteiger partial charge in [0.2, 0.25) is 5.54 Å². The highest BCUT2D eigenvalue weighted by molar-refractivity contribution is 5.80. The molecule has 0 heterocycles. The fourth-order valence-electron chi connectivity index (χ4n) is 5.13. The van der Waals surface area contributed by atoms with Gasteiger partial charge in [-0.25, -0.2) is 6.57 Å². The molecular weight excluding hydrogens is 899 g/mol. The Kier molecular flexibility index (Phi) is 85.7. The van der Waals surface area contributed by atoms with Crippen LogP contribution in [0.5, 0.6) is 0 Å². The van der Waals surface area contributed by atoms with Crippen LogP contribution < -0.4 is 0 Å². The van der Waals surface area contributed by atoms with E-state index in [9.17, 15) is 24.0 Å². The highest BCUT2D eigenvalue weighted by atomic mass is 16.5. The minimum atomic E-state index is -0.473. The first kappa shape index (κ1) is 90.3. The van der Waals surface area contributed by atoms with Crippen LogP contribution >= 0.6 is 0 Å². The number of carbonyl (C=O) groups excluding carboxylic acids is 5. The third-order valence-corrected chi connectivity index (χ3v) is 9.50. The van der Waals surface area contributed by atoms with E-state index < -0.39 is 5.54 Å². The summed E-state index contributed by atoms with van der Waals surface area (Å²) >= 11 is 0. The minimum Gasteiger partial charge on any atom is -0.381 e. The van der Waals surface area contributed by atoms with E-state index in [4.69, 9.17) is 49.2 Å². The third kappa shape index (κ3) is 65.5. The maximum Gasteiger partial charge on any atom is 0.232 e. The smallest absolute Gasteiger partial charge is 0.232 e. The van der Waals surface area contributed by atoms with Crippen LogP contribution in [0.2, 0.25) is 0 Å². The molecule has 15 heteroatoms. The molecule has 0 bridgehead atoms. The Balaban J connectivity index is -0.000000117. The zero-order valence-corrected chi connectivity index (χ0v) is 39.7. The lowest BCUT2D eigenvalue weighted by Crippen LogP contribution is -2.28. The van der Waals surface area contributed by atoms with Crippen molar-refractivity contribution in [3.8, 4) is 0 Å². The Labute approximate surface area is 433 Å². The van der Waals surface area contributed by atoms with Crippen molar-refractivity contribution in [2.24, 2.45) is 11.8 Å². The third-order valence-electron chi connectivity index (χ3n) is 9.50. The van der Waals surface area contributed by atoms with Crippen molar-refractivity contribution in [2.75, 3.05) is 119 Å². The standard InChI is InChI=1S/C26H45NO7.C21H40O7.8CH4/c1-6-9-24(29)20-33-18-16-32-15-8-11-25(30)21-34-19-17-31-14-7-10-23(28)12-13-26(4,27-5)22(2)3;1-4-24-13-15-27-17-21(23)8-6-11-26-14-16-28-18-20(22)7-5-10-25-12-9-19(2)3;;;;;;;;/h22H,6-21H2,1-4H3;19H,4-18H2,1-3H3;8*1H4. The SMILES string of the molecule is C.C.C.C.C.C.C.C.CCOCCOCC(=O)CCCOCCOCC(=O)CCCOCCC(C)C.[C-]#[N+]C(C)(CCC(=O)CCCOCCOCC(=O)CCCOCCOCC(=O)CCC)C(C)C. The molecule has 0 fully saturated rings. The highest BCUT2D eigenvalue weighted by Gasteiger charge is 2.34. The molecule has 0 aromatic heterocycles. The van der Waals surface area contributed by atoms with Crippen LogP contribution in [-0.4, -0.2) is 153 Å². The molecular formula is C55H117NO14. The zero-order valence-electron chi connectivity index (χ0n) is 39.7. The van der Waals surface area contributed by atoms with Gasteiger partial charge in [0, 0.05) is 97.4 Å². The topological polar surface area (TPSA) is 173 Å². The molecule has 15 nitrogen and oxygen atoms in total. The fraction of sp³-hybridized carbons (Fsp3) is 0.891. The first-order chi connectivity index (χ1) is 29.8. The summed E-state index contributed by atoms with van der Waals surface area (Å²) in [6, 6.07) is 0. The first-order valence-corrected chi connectivity index (χ1v) is 23.0. The molecule has 0 aromatic rings. The van der Waals surface area contributed by atoms with Crippen molar-refractivity contribution in [2.45, 2.75) is 197 Å². The van der Waals surface area contributed by atoms with Crippen LogP contribution in [0.15, 0.2) is 0 Å². The summed E-state index contributed by atoms with van der Waals surface area (Å²) in [6.07, 6.45) is 7.87. The molecule has 0 aliphatic carbocycles. The zero-order chi connectivity index (χ0) is 46.5. The lowest BCUT2D eigenvalue weighted by Gasteiger charge is -2.20. The molecule has 0 N–H and O–H groups in total. The van der Waals surface area contributed by atoms with Crippen LogP contribution in [0.25, 0.3) is 4.85 Å². The quantitative estimate of drug-likeness (QED) is 0.0416. The maximum absolute atomic E-state index is 12.0. The molecule has 426 valence electrons. The summed E-state index contributed by atoms with van der Waals surface area (Å²) in [4.78, 5) is 62.0. The largest absolute Gasteiger partial charge is 0.381 e. The first-order valence-electron chi connectivity index (χ1n) is 23.0. The van der Waals surface area contributed by atoms with E-state index in [1.165, 1.54) is 0 Å². The van der Waals surface area contributed by atoms with Crippen LogP contribution in [-0.2, 0) is 66.6 Å². The van der Waals surface area contributed by atoms with Crippen LogP contribution in [0.1, 0.15) is 191 Å².